The second-order valence-electron chi connectivity index (χ2n) is 4.20. The van der Waals surface area contributed by atoms with Crippen molar-refractivity contribution in [2.75, 3.05) is 4.72 Å². The van der Waals surface area contributed by atoms with Crippen molar-refractivity contribution < 1.29 is 17.2 Å². The lowest BCUT2D eigenvalue weighted by molar-refractivity contribution is 0.479. The molecule has 0 saturated heterocycles. The van der Waals surface area contributed by atoms with Crippen LogP contribution in [0.5, 0.6) is 0 Å². The van der Waals surface area contributed by atoms with Crippen molar-refractivity contribution in [1.29, 1.82) is 0 Å². The van der Waals surface area contributed by atoms with E-state index in [2.05, 4.69) is 4.72 Å². The normalized spacial score (nSPS) is 11.7. The number of furan rings is 1. The lowest BCUT2D eigenvalue weighted by Crippen LogP contribution is -2.13. The molecule has 0 amide bonds. The first-order chi connectivity index (χ1) is 9.74. The van der Waals surface area contributed by atoms with Gasteiger partial charge in [-0.1, -0.05) is 23.2 Å². The molecule has 3 N–H and O–H groups in total. The molecule has 0 atom stereocenters. The van der Waals surface area contributed by atoms with Gasteiger partial charge in [0, 0.05) is 6.07 Å². The van der Waals surface area contributed by atoms with Crippen LogP contribution in [0.1, 0.15) is 11.5 Å². The van der Waals surface area contributed by atoms with Crippen LogP contribution in [0, 0.1) is 12.7 Å². The van der Waals surface area contributed by atoms with E-state index in [1.165, 1.54) is 13.0 Å². The number of rotatable bonds is 4. The fourth-order valence-electron chi connectivity index (χ4n) is 1.72. The van der Waals surface area contributed by atoms with Gasteiger partial charge in [0.15, 0.2) is 5.82 Å². The van der Waals surface area contributed by atoms with Gasteiger partial charge < -0.3 is 10.2 Å². The molecular formula is C12H11Cl2FN2O3S. The van der Waals surface area contributed by atoms with E-state index in [0.29, 0.717) is 5.76 Å². The summed E-state index contributed by atoms with van der Waals surface area (Å²) in [6, 6.07) is 3.57. The summed E-state index contributed by atoms with van der Waals surface area (Å²) in [7, 11) is -3.92. The van der Waals surface area contributed by atoms with Crippen molar-refractivity contribution in [3.8, 4) is 0 Å². The molecule has 114 valence electrons. The zero-order valence-corrected chi connectivity index (χ0v) is 13.1. The molecule has 0 aliphatic carbocycles. The Labute approximate surface area is 130 Å². The predicted octanol–water partition coefficient (Wildman–Crippen LogP) is 3.29. The third-order valence-electron chi connectivity index (χ3n) is 2.65. The molecular weight excluding hydrogens is 342 g/mol. The predicted molar refractivity (Wildman–Crippen MR) is 78.6 cm³/mol. The molecule has 1 aromatic heterocycles. The van der Waals surface area contributed by atoms with Crippen LogP contribution >= 0.6 is 23.2 Å². The summed E-state index contributed by atoms with van der Waals surface area (Å²) in [5.41, 5.74) is 5.44. The lowest BCUT2D eigenvalue weighted by atomic mass is 10.3. The van der Waals surface area contributed by atoms with Gasteiger partial charge >= 0.3 is 0 Å². The van der Waals surface area contributed by atoms with E-state index >= 15 is 0 Å². The monoisotopic (exact) mass is 352 g/mol. The first kappa shape index (κ1) is 16.1. The highest BCUT2D eigenvalue weighted by Crippen LogP contribution is 2.29. The van der Waals surface area contributed by atoms with Crippen LogP contribution < -0.4 is 10.5 Å². The molecule has 9 heteroatoms. The zero-order chi connectivity index (χ0) is 15.8. The first-order valence-corrected chi connectivity index (χ1v) is 7.95. The van der Waals surface area contributed by atoms with Crippen molar-refractivity contribution in [3.05, 3.63) is 45.6 Å². The van der Waals surface area contributed by atoms with E-state index in [-0.39, 0.29) is 32.9 Å². The number of anilines is 1. The number of nitrogens with one attached hydrogen (secondary N) is 1. The first-order valence-electron chi connectivity index (χ1n) is 5.71. The largest absolute Gasteiger partial charge is 0.464 e. The number of sulfonamides is 1. The second kappa shape index (κ2) is 5.84. The topological polar surface area (TPSA) is 85.3 Å². The maximum atomic E-state index is 13.3. The van der Waals surface area contributed by atoms with Crippen LogP contribution in [0.3, 0.4) is 0 Å². The van der Waals surface area contributed by atoms with Crippen molar-refractivity contribution in [2.45, 2.75) is 18.4 Å². The Kier molecular flexibility index (Phi) is 4.48. The molecule has 2 rings (SSSR count). The Morgan fingerprint density at radius 3 is 2.33 bits per heavy atom. The highest BCUT2D eigenvalue weighted by atomic mass is 35.5. The van der Waals surface area contributed by atoms with E-state index in [4.69, 9.17) is 33.4 Å². The zero-order valence-electron chi connectivity index (χ0n) is 10.8. The van der Waals surface area contributed by atoms with E-state index in [9.17, 15) is 12.8 Å². The van der Waals surface area contributed by atoms with E-state index in [1.807, 2.05) is 0 Å². The van der Waals surface area contributed by atoms with Crippen LogP contribution in [0.2, 0.25) is 10.0 Å². The molecule has 0 spiro atoms. The van der Waals surface area contributed by atoms with E-state index in [1.54, 1.807) is 0 Å². The fraction of sp³-hybridized carbons (Fsp3) is 0.167. The third-order valence-corrected chi connectivity index (χ3v) is 4.69. The molecule has 0 radical (unpaired) electrons. The summed E-state index contributed by atoms with van der Waals surface area (Å²) >= 11 is 11.2. The molecule has 0 unspecified atom stereocenters. The Hall–Kier alpha value is -1.28. The summed E-state index contributed by atoms with van der Waals surface area (Å²) in [5, 5.41) is -0.571. The summed E-state index contributed by atoms with van der Waals surface area (Å²) in [6.07, 6.45) is 0. The maximum Gasteiger partial charge on any atom is 0.265 e. The summed E-state index contributed by atoms with van der Waals surface area (Å²) in [5.74, 6) is -0.281. The van der Waals surface area contributed by atoms with E-state index < -0.39 is 15.8 Å². The quantitative estimate of drug-likeness (QED) is 0.826. The molecule has 1 aromatic carbocycles. The molecule has 21 heavy (non-hydrogen) atoms. The smallest absolute Gasteiger partial charge is 0.265 e. The number of hydrogen-bond donors (Lipinski definition) is 2. The highest BCUT2D eigenvalue weighted by molar-refractivity contribution is 7.92. The van der Waals surface area contributed by atoms with Crippen molar-refractivity contribution >= 4 is 38.9 Å². The average Bonchev–Trinajstić information content (AvgIpc) is 2.77. The minimum Gasteiger partial charge on any atom is -0.464 e. The highest BCUT2D eigenvalue weighted by Gasteiger charge is 2.22. The Balaban J connectivity index is 2.39. The van der Waals surface area contributed by atoms with E-state index in [0.717, 1.165) is 12.1 Å². The molecule has 5 nitrogen and oxygen atoms in total. The number of nitrogens with two attached hydrogens (primary N) is 1. The van der Waals surface area contributed by atoms with Gasteiger partial charge in [0.05, 0.1) is 22.3 Å². The average molecular weight is 353 g/mol. The van der Waals surface area contributed by atoms with Gasteiger partial charge in [-0.25, -0.2) is 12.8 Å². The molecule has 0 fully saturated rings. The number of aryl methyl sites for hydroxylation is 1. The Bertz CT molecular complexity index is 767. The molecule has 1 heterocycles. The van der Waals surface area contributed by atoms with Crippen molar-refractivity contribution in [3.63, 3.8) is 0 Å². The summed E-state index contributed by atoms with van der Waals surface area (Å²) < 4.78 is 45.3. The van der Waals surface area contributed by atoms with Crippen LogP contribution in [-0.2, 0) is 16.6 Å². The van der Waals surface area contributed by atoms with Gasteiger partial charge in [-0.3, -0.25) is 4.72 Å². The minimum atomic E-state index is -3.92. The van der Waals surface area contributed by atoms with Gasteiger partial charge in [-0.05, 0) is 19.1 Å². The third kappa shape index (κ3) is 3.32. The Morgan fingerprint density at radius 2 is 1.86 bits per heavy atom. The van der Waals surface area contributed by atoms with Crippen LogP contribution in [0.15, 0.2) is 27.5 Å². The Morgan fingerprint density at radius 1 is 1.29 bits per heavy atom. The minimum absolute atomic E-state index is 0.0429. The van der Waals surface area contributed by atoms with Gasteiger partial charge in [0.2, 0.25) is 0 Å². The number of hydrogen-bond acceptors (Lipinski definition) is 4. The van der Waals surface area contributed by atoms with Crippen molar-refractivity contribution in [1.82, 2.24) is 0 Å². The van der Waals surface area contributed by atoms with Gasteiger partial charge in [0.1, 0.15) is 16.4 Å². The fourth-order valence-corrected chi connectivity index (χ4v) is 3.45. The standard InChI is InChI=1S/C12H11Cl2FN2O3S/c1-6-11(4-8(5-16)20-6)21(18,19)17-7-2-9(13)12(15)10(14)3-7/h2-4,17H,5,16H2,1H3. The maximum absolute atomic E-state index is 13.3. The number of halogens is 3. The second-order valence-corrected chi connectivity index (χ2v) is 6.66. The summed E-state index contributed by atoms with van der Waals surface area (Å²) in [6.45, 7) is 1.57. The van der Waals surface area contributed by atoms with Crippen LogP contribution in [0.25, 0.3) is 0 Å². The molecule has 2 aromatic rings. The molecule has 0 saturated carbocycles. The van der Waals surface area contributed by atoms with Gasteiger partial charge in [-0.15, -0.1) is 0 Å². The van der Waals surface area contributed by atoms with Gasteiger partial charge in [-0.2, -0.15) is 0 Å². The van der Waals surface area contributed by atoms with Crippen LogP contribution in [0.4, 0.5) is 10.1 Å². The molecule has 0 bridgehead atoms. The van der Waals surface area contributed by atoms with Gasteiger partial charge in [0.25, 0.3) is 10.0 Å². The molecule has 0 aliphatic rings. The SMILES string of the molecule is Cc1oc(CN)cc1S(=O)(=O)Nc1cc(Cl)c(F)c(Cl)c1. The lowest BCUT2D eigenvalue weighted by Gasteiger charge is -2.08. The van der Waals surface area contributed by atoms with Crippen molar-refractivity contribution in [2.24, 2.45) is 5.73 Å². The number of benzene rings is 1. The molecule has 0 aliphatic heterocycles. The van der Waals surface area contributed by atoms with Crippen LogP contribution in [-0.4, -0.2) is 8.42 Å². The summed E-state index contributed by atoms with van der Waals surface area (Å²) in [4.78, 5) is -0.0560.